The zero-order chi connectivity index (χ0) is 10.8. The Hall–Kier alpha value is 0.0600. The molecule has 1 aliphatic heterocycles. The molecular formula is C9H11BrN2OS2. The van der Waals surface area contributed by atoms with Crippen molar-refractivity contribution in [3.63, 3.8) is 0 Å². The highest BCUT2D eigenvalue weighted by molar-refractivity contribution is 9.10. The van der Waals surface area contributed by atoms with Gasteiger partial charge in [-0.3, -0.25) is 9.48 Å². The molecule has 2 heterocycles. The number of hydrogen-bond acceptors (Lipinski definition) is 4. The number of nitrogens with zero attached hydrogens (tertiary/aromatic N) is 2. The molecule has 2 rings (SSSR count). The topological polar surface area (TPSA) is 34.9 Å². The average Bonchev–Trinajstić information content (AvgIpc) is 2.59. The van der Waals surface area contributed by atoms with Gasteiger partial charge in [0, 0.05) is 24.3 Å². The minimum atomic E-state index is 0.0930. The summed E-state index contributed by atoms with van der Waals surface area (Å²) < 4.78 is 2.44. The largest absolute Gasteiger partial charge is 0.291 e. The number of thioether (sulfide) groups is 2. The molecule has 1 aromatic rings. The fraction of sp³-hybridized carbons (Fsp3) is 0.556. The molecule has 0 aliphatic carbocycles. The van der Waals surface area contributed by atoms with Crippen molar-refractivity contribution >= 4 is 45.2 Å². The minimum Gasteiger partial charge on any atom is -0.291 e. The van der Waals surface area contributed by atoms with Crippen LogP contribution in [-0.2, 0) is 7.05 Å². The third kappa shape index (κ3) is 2.42. The van der Waals surface area contributed by atoms with Gasteiger partial charge < -0.3 is 0 Å². The molecule has 6 heteroatoms. The van der Waals surface area contributed by atoms with E-state index in [0.717, 1.165) is 21.7 Å². The van der Waals surface area contributed by atoms with Gasteiger partial charge in [-0.25, -0.2) is 0 Å². The predicted octanol–water partition coefficient (Wildman–Crippen LogP) is 2.21. The second kappa shape index (κ2) is 4.93. The molecule has 3 nitrogen and oxygen atoms in total. The van der Waals surface area contributed by atoms with E-state index in [0.29, 0.717) is 5.69 Å². The Kier molecular flexibility index (Phi) is 3.79. The molecule has 1 aromatic heterocycles. The van der Waals surface area contributed by atoms with Crippen molar-refractivity contribution in [1.29, 1.82) is 0 Å². The van der Waals surface area contributed by atoms with Crippen LogP contribution in [0.25, 0.3) is 0 Å². The molecule has 82 valence electrons. The van der Waals surface area contributed by atoms with Crippen molar-refractivity contribution in [2.24, 2.45) is 7.05 Å². The van der Waals surface area contributed by atoms with Crippen LogP contribution in [0.15, 0.2) is 10.7 Å². The van der Waals surface area contributed by atoms with E-state index in [1.807, 2.05) is 11.8 Å². The van der Waals surface area contributed by atoms with Crippen molar-refractivity contribution < 1.29 is 4.79 Å². The molecule has 15 heavy (non-hydrogen) atoms. The van der Waals surface area contributed by atoms with Gasteiger partial charge in [0.05, 0.1) is 15.9 Å². The van der Waals surface area contributed by atoms with Crippen LogP contribution < -0.4 is 0 Å². The van der Waals surface area contributed by atoms with Crippen molar-refractivity contribution in [3.8, 4) is 0 Å². The lowest BCUT2D eigenvalue weighted by Crippen LogP contribution is -2.26. The lowest BCUT2D eigenvalue weighted by Gasteiger charge is -2.19. The zero-order valence-electron chi connectivity index (χ0n) is 8.27. The first kappa shape index (κ1) is 11.5. The maximum Gasteiger partial charge on any atom is 0.195 e. The standard InChI is InChI=1S/C9H11BrN2OS2/c1-12-8(6(10)4-11-12)9(13)7-5-14-2-3-15-7/h4,7H,2-3,5H2,1H3. The fourth-order valence-corrected chi connectivity index (χ4v) is 4.63. The maximum atomic E-state index is 12.2. The highest BCUT2D eigenvalue weighted by Crippen LogP contribution is 2.28. The number of aryl methyl sites for hydroxylation is 1. The first-order chi connectivity index (χ1) is 7.20. The van der Waals surface area contributed by atoms with E-state index in [1.54, 1.807) is 29.7 Å². The van der Waals surface area contributed by atoms with Gasteiger partial charge in [0.25, 0.3) is 0 Å². The Bertz CT molecular complexity index is 355. The molecule has 1 unspecified atom stereocenters. The van der Waals surface area contributed by atoms with E-state index >= 15 is 0 Å². The van der Waals surface area contributed by atoms with Crippen LogP contribution >= 0.6 is 39.5 Å². The summed E-state index contributed by atoms with van der Waals surface area (Å²) in [5, 5.41) is 4.16. The van der Waals surface area contributed by atoms with Crippen LogP contribution in [0.4, 0.5) is 0 Å². The zero-order valence-corrected chi connectivity index (χ0v) is 11.5. The summed E-state index contributed by atoms with van der Waals surface area (Å²) in [6, 6.07) is 0. The quantitative estimate of drug-likeness (QED) is 0.785. The minimum absolute atomic E-state index is 0.0930. The number of carbonyl (C=O) groups is 1. The molecule has 0 radical (unpaired) electrons. The second-order valence-electron chi connectivity index (χ2n) is 3.26. The molecule has 1 aliphatic rings. The Morgan fingerprint density at radius 1 is 1.67 bits per heavy atom. The van der Waals surface area contributed by atoms with Gasteiger partial charge in [-0.2, -0.15) is 16.9 Å². The first-order valence-electron chi connectivity index (χ1n) is 4.61. The summed E-state index contributed by atoms with van der Waals surface area (Å²) >= 11 is 6.97. The Balaban J connectivity index is 2.19. The number of Topliss-reactive ketones (excluding diaryl/α,β-unsaturated/α-hetero) is 1. The second-order valence-corrected chi connectivity index (χ2v) is 6.58. The number of rotatable bonds is 2. The fourth-order valence-electron chi connectivity index (χ4n) is 1.48. The van der Waals surface area contributed by atoms with Gasteiger partial charge in [0.15, 0.2) is 5.78 Å². The molecule has 0 amide bonds. The number of hydrogen-bond donors (Lipinski definition) is 0. The van der Waals surface area contributed by atoms with Crippen LogP contribution in [0.5, 0.6) is 0 Å². The van der Waals surface area contributed by atoms with Gasteiger partial charge >= 0.3 is 0 Å². The molecular weight excluding hydrogens is 296 g/mol. The SMILES string of the molecule is Cn1ncc(Br)c1C(=O)C1CSCCS1. The number of ketones is 1. The van der Waals surface area contributed by atoms with Crippen LogP contribution in [-0.4, -0.2) is 38.1 Å². The van der Waals surface area contributed by atoms with Crippen molar-refractivity contribution in [2.45, 2.75) is 5.25 Å². The third-order valence-corrected chi connectivity index (χ3v) is 5.57. The van der Waals surface area contributed by atoms with Crippen LogP contribution in [0.2, 0.25) is 0 Å². The monoisotopic (exact) mass is 306 g/mol. The molecule has 0 bridgehead atoms. The molecule has 1 fully saturated rings. The van der Waals surface area contributed by atoms with Gasteiger partial charge in [0.2, 0.25) is 0 Å². The maximum absolute atomic E-state index is 12.2. The molecule has 0 N–H and O–H groups in total. The lowest BCUT2D eigenvalue weighted by molar-refractivity contribution is 0.0985. The first-order valence-corrected chi connectivity index (χ1v) is 7.61. The molecule has 1 atom stereocenters. The Morgan fingerprint density at radius 2 is 2.47 bits per heavy atom. The van der Waals surface area contributed by atoms with E-state index in [1.165, 1.54) is 0 Å². The number of aromatic nitrogens is 2. The molecule has 0 spiro atoms. The molecule has 1 saturated heterocycles. The van der Waals surface area contributed by atoms with E-state index in [2.05, 4.69) is 21.0 Å². The summed E-state index contributed by atoms with van der Waals surface area (Å²) in [5.41, 5.74) is 0.690. The number of carbonyl (C=O) groups excluding carboxylic acids is 1. The summed E-state index contributed by atoms with van der Waals surface area (Å²) in [4.78, 5) is 12.2. The smallest absolute Gasteiger partial charge is 0.195 e. The van der Waals surface area contributed by atoms with Gasteiger partial charge in [-0.15, -0.1) is 11.8 Å². The van der Waals surface area contributed by atoms with E-state index in [9.17, 15) is 4.79 Å². The van der Waals surface area contributed by atoms with Crippen molar-refractivity contribution in [1.82, 2.24) is 9.78 Å². The van der Waals surface area contributed by atoms with Gasteiger partial charge in [0.1, 0.15) is 5.69 Å². The summed E-state index contributed by atoms with van der Waals surface area (Å²) in [6.07, 6.45) is 1.67. The molecule has 0 saturated carbocycles. The lowest BCUT2D eigenvalue weighted by atomic mass is 10.2. The Labute approximate surface area is 105 Å². The van der Waals surface area contributed by atoms with E-state index in [-0.39, 0.29) is 11.0 Å². The summed E-state index contributed by atoms with van der Waals surface area (Å²) in [5.74, 6) is 3.33. The van der Waals surface area contributed by atoms with Crippen molar-refractivity contribution in [2.75, 3.05) is 17.3 Å². The number of halogens is 1. The summed E-state index contributed by atoms with van der Waals surface area (Å²) in [7, 11) is 1.80. The van der Waals surface area contributed by atoms with E-state index < -0.39 is 0 Å². The average molecular weight is 307 g/mol. The highest BCUT2D eigenvalue weighted by Gasteiger charge is 2.27. The van der Waals surface area contributed by atoms with E-state index in [4.69, 9.17) is 0 Å². The van der Waals surface area contributed by atoms with Crippen molar-refractivity contribution in [3.05, 3.63) is 16.4 Å². The molecule has 0 aromatic carbocycles. The van der Waals surface area contributed by atoms with Crippen LogP contribution in [0.3, 0.4) is 0 Å². The van der Waals surface area contributed by atoms with Gasteiger partial charge in [-0.1, -0.05) is 0 Å². The van der Waals surface area contributed by atoms with Crippen LogP contribution in [0, 0.1) is 0 Å². The predicted molar refractivity (Wildman–Crippen MR) is 68.8 cm³/mol. The third-order valence-electron chi connectivity index (χ3n) is 2.24. The van der Waals surface area contributed by atoms with Gasteiger partial charge in [-0.05, 0) is 15.9 Å². The van der Waals surface area contributed by atoms with Crippen LogP contribution in [0.1, 0.15) is 10.5 Å². The highest BCUT2D eigenvalue weighted by atomic mass is 79.9. The summed E-state index contributed by atoms with van der Waals surface area (Å²) in [6.45, 7) is 0. The normalized spacial score (nSPS) is 21.6. The Morgan fingerprint density at radius 3 is 3.00 bits per heavy atom.